The third kappa shape index (κ3) is 4.47. The topological polar surface area (TPSA) is 78.6 Å². The maximum absolute atomic E-state index is 11.0. The molecule has 0 spiro atoms. The lowest BCUT2D eigenvalue weighted by Crippen LogP contribution is -2.48. The van der Waals surface area contributed by atoms with E-state index in [0.717, 1.165) is 32.5 Å². The Labute approximate surface area is 97.0 Å². The van der Waals surface area contributed by atoms with Gasteiger partial charge in [-0.1, -0.05) is 6.92 Å². The molecule has 4 N–H and O–H groups in total. The zero-order valence-corrected chi connectivity index (χ0v) is 9.98. The summed E-state index contributed by atoms with van der Waals surface area (Å²) in [5.41, 5.74) is 5.26. The molecule has 1 saturated heterocycles. The highest BCUT2D eigenvalue weighted by Crippen LogP contribution is 2.13. The van der Waals surface area contributed by atoms with Crippen LogP contribution in [0.4, 0.5) is 0 Å². The van der Waals surface area contributed by atoms with Crippen LogP contribution in [0.3, 0.4) is 0 Å². The number of piperidine rings is 1. The SMILES string of the molecule is CC(CO)CN(CC(N)=O)C1CCNCC1. The number of carbonyl (C=O) groups excluding carboxylic acids is 1. The second-order valence-corrected chi connectivity index (χ2v) is 4.66. The van der Waals surface area contributed by atoms with Crippen LogP contribution in [0.15, 0.2) is 0 Å². The van der Waals surface area contributed by atoms with E-state index in [4.69, 9.17) is 10.8 Å². The lowest BCUT2D eigenvalue weighted by atomic mass is 10.0. The molecule has 0 aliphatic carbocycles. The molecule has 0 aromatic rings. The summed E-state index contributed by atoms with van der Waals surface area (Å²) in [5.74, 6) is -0.0992. The standard InChI is InChI=1S/C11H23N3O2/c1-9(8-15)6-14(7-11(12)16)10-2-4-13-5-3-10/h9-10,13,15H,2-8H2,1H3,(H2,12,16). The Bertz CT molecular complexity index is 217. The normalized spacial score (nSPS) is 19.9. The van der Waals surface area contributed by atoms with Gasteiger partial charge in [0.1, 0.15) is 0 Å². The number of nitrogens with zero attached hydrogens (tertiary/aromatic N) is 1. The molecule has 0 aromatic carbocycles. The fraction of sp³-hybridized carbons (Fsp3) is 0.909. The average Bonchev–Trinajstić information content (AvgIpc) is 2.28. The van der Waals surface area contributed by atoms with Gasteiger partial charge in [0.15, 0.2) is 0 Å². The van der Waals surface area contributed by atoms with Gasteiger partial charge >= 0.3 is 0 Å². The molecule has 5 heteroatoms. The number of hydrogen-bond acceptors (Lipinski definition) is 4. The van der Waals surface area contributed by atoms with Crippen LogP contribution in [0.2, 0.25) is 0 Å². The Balaban J connectivity index is 2.50. The molecule has 1 aliphatic rings. The van der Waals surface area contributed by atoms with Crippen molar-refractivity contribution in [3.05, 3.63) is 0 Å². The lowest BCUT2D eigenvalue weighted by molar-refractivity contribution is -0.120. The fourth-order valence-electron chi connectivity index (χ4n) is 2.17. The van der Waals surface area contributed by atoms with E-state index in [9.17, 15) is 4.79 Å². The molecule has 1 unspecified atom stereocenters. The van der Waals surface area contributed by atoms with Crippen LogP contribution in [-0.2, 0) is 4.79 Å². The van der Waals surface area contributed by atoms with Crippen LogP contribution in [0, 0.1) is 5.92 Å². The first-order chi connectivity index (χ1) is 7.63. The molecule has 94 valence electrons. The van der Waals surface area contributed by atoms with E-state index >= 15 is 0 Å². The summed E-state index contributed by atoms with van der Waals surface area (Å²) in [5, 5.41) is 12.4. The molecule has 1 rings (SSSR count). The van der Waals surface area contributed by atoms with E-state index in [1.807, 2.05) is 6.92 Å². The average molecular weight is 229 g/mol. The van der Waals surface area contributed by atoms with E-state index in [1.165, 1.54) is 0 Å². The smallest absolute Gasteiger partial charge is 0.231 e. The van der Waals surface area contributed by atoms with Crippen LogP contribution in [0.1, 0.15) is 19.8 Å². The first-order valence-electron chi connectivity index (χ1n) is 5.97. The van der Waals surface area contributed by atoms with Crippen molar-refractivity contribution in [3.63, 3.8) is 0 Å². The summed E-state index contributed by atoms with van der Waals surface area (Å²) in [4.78, 5) is 13.1. The number of primary amides is 1. The van der Waals surface area contributed by atoms with Gasteiger partial charge in [-0.25, -0.2) is 0 Å². The molecule has 1 heterocycles. The minimum absolute atomic E-state index is 0.153. The van der Waals surface area contributed by atoms with Gasteiger partial charge in [0, 0.05) is 19.2 Å². The number of rotatable bonds is 6. The quantitative estimate of drug-likeness (QED) is 0.554. The van der Waals surface area contributed by atoms with E-state index in [2.05, 4.69) is 10.2 Å². The zero-order valence-electron chi connectivity index (χ0n) is 9.98. The van der Waals surface area contributed by atoms with Crippen molar-refractivity contribution in [1.82, 2.24) is 10.2 Å². The number of nitrogens with one attached hydrogen (secondary N) is 1. The second-order valence-electron chi connectivity index (χ2n) is 4.66. The molecule has 0 aromatic heterocycles. The van der Waals surface area contributed by atoms with Gasteiger partial charge < -0.3 is 16.2 Å². The Morgan fingerprint density at radius 1 is 1.56 bits per heavy atom. The summed E-state index contributed by atoms with van der Waals surface area (Å²) in [7, 11) is 0. The molecule has 0 radical (unpaired) electrons. The van der Waals surface area contributed by atoms with Crippen LogP contribution in [0.5, 0.6) is 0 Å². The van der Waals surface area contributed by atoms with E-state index in [-0.39, 0.29) is 18.4 Å². The van der Waals surface area contributed by atoms with Crippen molar-refractivity contribution in [2.45, 2.75) is 25.8 Å². The maximum Gasteiger partial charge on any atom is 0.231 e. The predicted octanol–water partition coefficient (Wildman–Crippen LogP) is -0.846. The highest BCUT2D eigenvalue weighted by Gasteiger charge is 2.23. The minimum atomic E-state index is -0.288. The summed E-state index contributed by atoms with van der Waals surface area (Å²) in [6.45, 7) is 5.16. The molecular formula is C11H23N3O2. The van der Waals surface area contributed by atoms with Crippen molar-refractivity contribution < 1.29 is 9.90 Å². The molecule has 16 heavy (non-hydrogen) atoms. The Hall–Kier alpha value is -0.650. The molecule has 1 amide bonds. The summed E-state index contributed by atoms with van der Waals surface area (Å²) in [6, 6.07) is 0.419. The number of aliphatic hydroxyl groups excluding tert-OH is 1. The van der Waals surface area contributed by atoms with Crippen molar-refractivity contribution in [2.75, 3.05) is 32.8 Å². The van der Waals surface area contributed by atoms with Crippen molar-refractivity contribution in [2.24, 2.45) is 11.7 Å². The Morgan fingerprint density at radius 3 is 2.69 bits per heavy atom. The minimum Gasteiger partial charge on any atom is -0.396 e. The van der Waals surface area contributed by atoms with Gasteiger partial charge in [-0.15, -0.1) is 0 Å². The van der Waals surface area contributed by atoms with E-state index < -0.39 is 0 Å². The summed E-state index contributed by atoms with van der Waals surface area (Å²) in [6.07, 6.45) is 2.09. The first kappa shape index (κ1) is 13.4. The first-order valence-corrected chi connectivity index (χ1v) is 5.97. The van der Waals surface area contributed by atoms with Gasteiger partial charge in [-0.05, 0) is 31.8 Å². The van der Waals surface area contributed by atoms with Crippen LogP contribution in [0.25, 0.3) is 0 Å². The number of hydrogen-bond donors (Lipinski definition) is 3. The summed E-state index contributed by atoms with van der Waals surface area (Å²) < 4.78 is 0. The number of carbonyl (C=O) groups is 1. The van der Waals surface area contributed by atoms with Gasteiger partial charge in [0.2, 0.25) is 5.91 Å². The molecule has 5 nitrogen and oxygen atoms in total. The molecule has 1 atom stereocenters. The third-order valence-corrected chi connectivity index (χ3v) is 3.04. The lowest BCUT2D eigenvalue weighted by Gasteiger charge is -2.35. The van der Waals surface area contributed by atoms with Crippen LogP contribution >= 0.6 is 0 Å². The molecule has 0 saturated carbocycles. The van der Waals surface area contributed by atoms with E-state index in [1.54, 1.807) is 0 Å². The number of aliphatic hydroxyl groups is 1. The Kier molecular flexibility index (Phi) is 5.73. The third-order valence-electron chi connectivity index (χ3n) is 3.04. The number of amides is 1. The second kappa shape index (κ2) is 6.83. The molecule has 1 fully saturated rings. The molecular weight excluding hydrogens is 206 g/mol. The van der Waals surface area contributed by atoms with Gasteiger partial charge in [-0.2, -0.15) is 0 Å². The molecule has 1 aliphatic heterocycles. The Morgan fingerprint density at radius 2 is 2.19 bits per heavy atom. The van der Waals surface area contributed by atoms with Crippen molar-refractivity contribution in [3.8, 4) is 0 Å². The van der Waals surface area contributed by atoms with Crippen LogP contribution < -0.4 is 11.1 Å². The fourth-order valence-corrected chi connectivity index (χ4v) is 2.17. The summed E-state index contributed by atoms with van der Waals surface area (Å²) >= 11 is 0. The zero-order chi connectivity index (χ0) is 12.0. The van der Waals surface area contributed by atoms with Gasteiger partial charge in [-0.3, -0.25) is 9.69 Å². The van der Waals surface area contributed by atoms with Crippen molar-refractivity contribution in [1.29, 1.82) is 0 Å². The predicted molar refractivity (Wildman–Crippen MR) is 62.9 cm³/mol. The van der Waals surface area contributed by atoms with E-state index in [0.29, 0.717) is 12.6 Å². The van der Waals surface area contributed by atoms with Gasteiger partial charge in [0.05, 0.1) is 6.54 Å². The largest absolute Gasteiger partial charge is 0.396 e. The molecule has 0 bridgehead atoms. The highest BCUT2D eigenvalue weighted by molar-refractivity contribution is 5.75. The maximum atomic E-state index is 11.0. The van der Waals surface area contributed by atoms with Crippen LogP contribution in [-0.4, -0.2) is 54.7 Å². The monoisotopic (exact) mass is 229 g/mol. The van der Waals surface area contributed by atoms with Gasteiger partial charge in [0.25, 0.3) is 0 Å². The van der Waals surface area contributed by atoms with Crippen molar-refractivity contribution >= 4 is 5.91 Å². The number of nitrogens with two attached hydrogens (primary N) is 1. The highest BCUT2D eigenvalue weighted by atomic mass is 16.3.